The van der Waals surface area contributed by atoms with Crippen LogP contribution in [-0.4, -0.2) is 45.2 Å². The Kier molecular flexibility index (Phi) is 4.11. The van der Waals surface area contributed by atoms with E-state index in [4.69, 9.17) is 11.6 Å². The second kappa shape index (κ2) is 6.29. The van der Waals surface area contributed by atoms with Crippen molar-refractivity contribution in [2.75, 3.05) is 11.4 Å². The molecule has 0 bridgehead atoms. The molecular formula is C17H21ClN6O. The van der Waals surface area contributed by atoms with E-state index in [2.05, 4.69) is 37.8 Å². The summed E-state index contributed by atoms with van der Waals surface area (Å²) in [7, 11) is 0. The van der Waals surface area contributed by atoms with Gasteiger partial charge in [0.25, 0.3) is 5.95 Å². The lowest BCUT2D eigenvalue weighted by atomic mass is 9.92. The summed E-state index contributed by atoms with van der Waals surface area (Å²) in [5.41, 5.74) is 0.659. The molecule has 2 atom stereocenters. The van der Waals surface area contributed by atoms with Gasteiger partial charge in [0.05, 0.1) is 5.41 Å². The van der Waals surface area contributed by atoms with Crippen molar-refractivity contribution in [1.82, 2.24) is 25.9 Å². The predicted molar refractivity (Wildman–Crippen MR) is 94.5 cm³/mol. The molecule has 2 aliphatic rings. The minimum Gasteiger partial charge on any atom is -0.351 e. The Balaban J connectivity index is 1.48. The summed E-state index contributed by atoms with van der Waals surface area (Å²) in [6.07, 6.45) is 3.71. The first kappa shape index (κ1) is 16.3. The maximum Gasteiger partial charge on any atom is 0.266 e. The van der Waals surface area contributed by atoms with Crippen molar-refractivity contribution < 1.29 is 4.79 Å². The molecule has 0 unspecified atom stereocenters. The minimum atomic E-state index is -0.390. The third kappa shape index (κ3) is 2.97. The number of benzene rings is 1. The number of hydrogen-bond acceptors (Lipinski definition) is 5. The Bertz CT molecular complexity index is 743. The molecule has 2 heterocycles. The molecule has 25 heavy (non-hydrogen) atoms. The highest BCUT2D eigenvalue weighted by Crippen LogP contribution is 2.48. The monoisotopic (exact) mass is 360 g/mol. The molecule has 1 aromatic heterocycles. The van der Waals surface area contributed by atoms with E-state index in [1.165, 1.54) is 0 Å². The minimum absolute atomic E-state index is 0.0736. The SMILES string of the molecule is C[C@@H]1[C@H](NC(=O)C2(c3ccc(Cl)cc3)CC2)CCCN1c1nn[nH]n1. The number of aromatic amines is 1. The zero-order valence-corrected chi connectivity index (χ0v) is 14.8. The molecule has 132 valence electrons. The first-order valence-electron chi connectivity index (χ1n) is 8.67. The van der Waals surface area contributed by atoms with Gasteiger partial charge in [-0.3, -0.25) is 4.79 Å². The second-order valence-electron chi connectivity index (χ2n) is 6.96. The van der Waals surface area contributed by atoms with Gasteiger partial charge in [0.1, 0.15) is 0 Å². The number of H-pyrrole nitrogens is 1. The number of nitrogens with zero attached hydrogens (tertiary/aromatic N) is 4. The van der Waals surface area contributed by atoms with Gasteiger partial charge in [0, 0.05) is 23.7 Å². The Labute approximate surface area is 151 Å². The van der Waals surface area contributed by atoms with Crippen LogP contribution in [0.25, 0.3) is 0 Å². The predicted octanol–water partition coefficient (Wildman–Crippen LogP) is 2.06. The van der Waals surface area contributed by atoms with Gasteiger partial charge < -0.3 is 10.2 Å². The molecule has 2 fully saturated rings. The molecule has 0 radical (unpaired) electrons. The molecule has 8 heteroatoms. The number of nitrogens with one attached hydrogen (secondary N) is 2. The van der Waals surface area contributed by atoms with Crippen molar-refractivity contribution in [3.8, 4) is 0 Å². The average molecular weight is 361 g/mol. The fourth-order valence-corrected chi connectivity index (χ4v) is 3.87. The Morgan fingerprint density at radius 2 is 2.12 bits per heavy atom. The van der Waals surface area contributed by atoms with Crippen LogP contribution in [0.1, 0.15) is 38.2 Å². The summed E-state index contributed by atoms with van der Waals surface area (Å²) in [6, 6.07) is 7.83. The van der Waals surface area contributed by atoms with Crippen LogP contribution in [0.2, 0.25) is 5.02 Å². The van der Waals surface area contributed by atoms with Crippen molar-refractivity contribution in [3.63, 3.8) is 0 Å². The summed E-state index contributed by atoms with van der Waals surface area (Å²) in [5, 5.41) is 18.2. The number of amides is 1. The Morgan fingerprint density at radius 3 is 2.76 bits per heavy atom. The number of anilines is 1. The lowest BCUT2D eigenvalue weighted by Crippen LogP contribution is -2.56. The quantitative estimate of drug-likeness (QED) is 0.871. The molecule has 1 aliphatic heterocycles. The van der Waals surface area contributed by atoms with Gasteiger partial charge in [-0.25, -0.2) is 0 Å². The van der Waals surface area contributed by atoms with Crippen LogP contribution in [0.4, 0.5) is 5.95 Å². The first-order valence-corrected chi connectivity index (χ1v) is 9.05. The van der Waals surface area contributed by atoms with Crippen LogP contribution < -0.4 is 10.2 Å². The standard InChI is InChI=1S/C17H21ClN6O/c1-11-14(3-2-10-24(11)16-20-22-23-21-16)19-15(25)17(8-9-17)12-4-6-13(18)7-5-12/h4-7,11,14H,2-3,8-10H2,1H3,(H,19,25)(H,20,21,22,23)/t11-,14-/m1/s1. The van der Waals surface area contributed by atoms with E-state index in [1.807, 2.05) is 24.3 Å². The maximum absolute atomic E-state index is 13.0. The van der Waals surface area contributed by atoms with Gasteiger partial charge in [-0.05, 0) is 55.5 Å². The van der Waals surface area contributed by atoms with Gasteiger partial charge in [0.2, 0.25) is 5.91 Å². The third-order valence-electron chi connectivity index (χ3n) is 5.48. The number of carbonyl (C=O) groups excluding carboxylic acids is 1. The van der Waals surface area contributed by atoms with Crippen molar-refractivity contribution in [3.05, 3.63) is 34.9 Å². The Morgan fingerprint density at radius 1 is 1.36 bits per heavy atom. The number of halogens is 1. The van der Waals surface area contributed by atoms with Crippen LogP contribution in [0, 0.1) is 0 Å². The normalized spacial score (nSPS) is 24.8. The third-order valence-corrected chi connectivity index (χ3v) is 5.73. The zero-order valence-electron chi connectivity index (χ0n) is 14.1. The molecule has 1 aromatic carbocycles. The Hall–Kier alpha value is -2.15. The van der Waals surface area contributed by atoms with Crippen molar-refractivity contribution >= 4 is 23.5 Å². The smallest absolute Gasteiger partial charge is 0.266 e. The highest BCUT2D eigenvalue weighted by atomic mass is 35.5. The summed E-state index contributed by atoms with van der Waals surface area (Å²) < 4.78 is 0. The highest BCUT2D eigenvalue weighted by molar-refractivity contribution is 6.30. The maximum atomic E-state index is 13.0. The highest BCUT2D eigenvalue weighted by Gasteiger charge is 2.52. The summed E-state index contributed by atoms with van der Waals surface area (Å²) in [5.74, 6) is 0.701. The van der Waals surface area contributed by atoms with Crippen LogP contribution >= 0.6 is 11.6 Å². The van der Waals surface area contributed by atoms with E-state index in [0.717, 1.165) is 37.8 Å². The van der Waals surface area contributed by atoms with Crippen LogP contribution in [0.15, 0.2) is 24.3 Å². The van der Waals surface area contributed by atoms with E-state index < -0.39 is 5.41 Å². The fraction of sp³-hybridized carbons (Fsp3) is 0.529. The molecule has 1 saturated carbocycles. The van der Waals surface area contributed by atoms with Crippen LogP contribution in [0.3, 0.4) is 0 Å². The molecule has 1 aliphatic carbocycles. The average Bonchev–Trinajstić information content (AvgIpc) is 3.25. The molecule has 4 rings (SSSR count). The lowest BCUT2D eigenvalue weighted by molar-refractivity contribution is -0.124. The molecule has 0 spiro atoms. The van der Waals surface area contributed by atoms with E-state index in [-0.39, 0.29) is 18.0 Å². The van der Waals surface area contributed by atoms with Gasteiger partial charge in [0.15, 0.2) is 0 Å². The van der Waals surface area contributed by atoms with Crippen LogP contribution in [-0.2, 0) is 10.2 Å². The molecule has 7 nitrogen and oxygen atoms in total. The molecule has 2 aromatic rings. The molecular weight excluding hydrogens is 340 g/mol. The number of piperidine rings is 1. The van der Waals surface area contributed by atoms with Gasteiger partial charge >= 0.3 is 0 Å². The van der Waals surface area contributed by atoms with Crippen molar-refractivity contribution in [2.45, 2.75) is 50.1 Å². The summed E-state index contributed by atoms with van der Waals surface area (Å²) in [4.78, 5) is 15.1. The van der Waals surface area contributed by atoms with E-state index in [9.17, 15) is 4.79 Å². The van der Waals surface area contributed by atoms with Gasteiger partial charge in [-0.2, -0.15) is 5.21 Å². The lowest BCUT2D eigenvalue weighted by Gasteiger charge is -2.39. The van der Waals surface area contributed by atoms with E-state index in [0.29, 0.717) is 11.0 Å². The van der Waals surface area contributed by atoms with Crippen molar-refractivity contribution in [2.24, 2.45) is 0 Å². The first-order chi connectivity index (χ1) is 12.1. The van der Waals surface area contributed by atoms with Crippen LogP contribution in [0.5, 0.6) is 0 Å². The largest absolute Gasteiger partial charge is 0.351 e. The molecule has 1 saturated heterocycles. The number of rotatable bonds is 4. The van der Waals surface area contributed by atoms with E-state index >= 15 is 0 Å². The number of hydrogen-bond donors (Lipinski definition) is 2. The number of aromatic nitrogens is 4. The molecule has 1 amide bonds. The molecule has 2 N–H and O–H groups in total. The zero-order chi connectivity index (χ0) is 17.4. The fourth-order valence-electron chi connectivity index (χ4n) is 3.74. The van der Waals surface area contributed by atoms with E-state index in [1.54, 1.807) is 0 Å². The second-order valence-corrected chi connectivity index (χ2v) is 7.39. The van der Waals surface area contributed by atoms with Crippen molar-refractivity contribution in [1.29, 1.82) is 0 Å². The number of carbonyl (C=O) groups is 1. The van der Waals surface area contributed by atoms with Gasteiger partial charge in [-0.15, -0.1) is 5.10 Å². The topological polar surface area (TPSA) is 86.8 Å². The summed E-state index contributed by atoms with van der Waals surface area (Å²) in [6.45, 7) is 2.97. The van der Waals surface area contributed by atoms with Gasteiger partial charge in [-0.1, -0.05) is 28.8 Å². The number of tetrazole rings is 1. The summed E-state index contributed by atoms with van der Waals surface area (Å²) >= 11 is 5.98.